The minimum atomic E-state index is -1.82. The van der Waals surface area contributed by atoms with Crippen LogP contribution in [0.5, 0.6) is 0 Å². The van der Waals surface area contributed by atoms with E-state index in [9.17, 15) is 4.79 Å². The lowest BCUT2D eigenvalue weighted by atomic mass is 9.94. The van der Waals surface area contributed by atoms with Gasteiger partial charge in [-0.3, -0.25) is 4.79 Å². The van der Waals surface area contributed by atoms with Crippen LogP contribution in [0.15, 0.2) is 30.3 Å². The molecule has 0 saturated carbocycles. The zero-order chi connectivity index (χ0) is 22.1. The first kappa shape index (κ1) is 23.7. The molecular weight excluding hydrogens is 386 g/mol. The minimum absolute atomic E-state index is 0.247. The second-order valence-electron chi connectivity index (χ2n) is 8.23. The summed E-state index contributed by atoms with van der Waals surface area (Å²) in [5, 5.41) is 14.8. The van der Waals surface area contributed by atoms with Gasteiger partial charge in [-0.1, -0.05) is 32.0 Å². The fraction of sp³-hybridized carbons (Fsp3) is 0.591. The summed E-state index contributed by atoms with van der Waals surface area (Å²) in [7, 11) is 0. The van der Waals surface area contributed by atoms with Crippen molar-refractivity contribution in [3.8, 4) is 0 Å². The van der Waals surface area contributed by atoms with Crippen LogP contribution < -0.4 is 4.90 Å². The molecule has 0 bridgehead atoms. The molecule has 2 N–H and O–H groups in total. The molecule has 2 aliphatic heterocycles. The highest BCUT2D eigenvalue weighted by Gasteiger charge is 2.30. The number of rotatable bonds is 4. The maximum atomic E-state index is 12.8. The van der Waals surface area contributed by atoms with Crippen molar-refractivity contribution in [2.45, 2.75) is 26.7 Å². The van der Waals surface area contributed by atoms with Gasteiger partial charge in [0.05, 0.1) is 0 Å². The number of aliphatic carboxylic acids is 2. The van der Waals surface area contributed by atoms with Crippen LogP contribution in [0.25, 0.3) is 0 Å². The number of carboxylic acid groups (broad SMARTS) is 2. The van der Waals surface area contributed by atoms with E-state index in [1.54, 1.807) is 0 Å². The number of carbonyl (C=O) groups excluding carboxylic acids is 1. The van der Waals surface area contributed by atoms with Crippen LogP contribution >= 0.6 is 0 Å². The molecule has 0 radical (unpaired) electrons. The lowest BCUT2D eigenvalue weighted by Gasteiger charge is -2.39. The van der Waals surface area contributed by atoms with E-state index in [0.29, 0.717) is 11.8 Å². The van der Waals surface area contributed by atoms with Gasteiger partial charge in [-0.25, -0.2) is 9.59 Å². The Kier molecular flexibility index (Phi) is 9.11. The standard InChI is InChI=1S/C20H31N3O.C2H2O4/c1-17(2)16-21-10-8-18(9-11-21)20(24)23-14-12-22(13-15-23)19-6-4-3-5-7-19;3-1(4)2(5)6/h3-7,17-18H,8-16H2,1-2H3;(H,3,4)(H,5,6). The summed E-state index contributed by atoms with van der Waals surface area (Å²) < 4.78 is 0. The molecule has 166 valence electrons. The van der Waals surface area contributed by atoms with Gasteiger partial charge in [-0.05, 0) is 44.0 Å². The van der Waals surface area contributed by atoms with Crippen molar-refractivity contribution >= 4 is 23.5 Å². The summed E-state index contributed by atoms with van der Waals surface area (Å²) in [5.41, 5.74) is 1.27. The summed E-state index contributed by atoms with van der Waals surface area (Å²) in [6.07, 6.45) is 2.06. The number of para-hydroxylation sites is 1. The first-order valence-corrected chi connectivity index (χ1v) is 10.5. The molecule has 0 atom stereocenters. The molecule has 8 nitrogen and oxygen atoms in total. The number of nitrogens with zero attached hydrogens (tertiary/aromatic N) is 3. The van der Waals surface area contributed by atoms with E-state index < -0.39 is 11.9 Å². The summed E-state index contributed by atoms with van der Waals surface area (Å²) in [4.78, 5) is 38.0. The Balaban J connectivity index is 0.000000469. The molecule has 1 amide bonds. The largest absolute Gasteiger partial charge is 0.473 e. The normalized spacial score (nSPS) is 18.0. The van der Waals surface area contributed by atoms with Crippen molar-refractivity contribution in [1.29, 1.82) is 0 Å². The van der Waals surface area contributed by atoms with E-state index in [4.69, 9.17) is 19.8 Å². The molecule has 1 aromatic carbocycles. The average Bonchev–Trinajstić information content (AvgIpc) is 2.74. The van der Waals surface area contributed by atoms with E-state index >= 15 is 0 Å². The van der Waals surface area contributed by atoms with Crippen molar-refractivity contribution in [3.05, 3.63) is 30.3 Å². The zero-order valence-electron chi connectivity index (χ0n) is 17.9. The Morgan fingerprint density at radius 2 is 1.43 bits per heavy atom. The highest BCUT2D eigenvalue weighted by atomic mass is 16.4. The second kappa shape index (κ2) is 11.5. The van der Waals surface area contributed by atoms with Gasteiger partial charge in [0, 0.05) is 44.3 Å². The third kappa shape index (κ3) is 7.33. The zero-order valence-corrected chi connectivity index (χ0v) is 17.9. The number of likely N-dealkylation sites (tertiary alicyclic amines) is 1. The number of piperidine rings is 1. The molecule has 8 heteroatoms. The Hall–Kier alpha value is -2.61. The maximum absolute atomic E-state index is 12.8. The predicted octanol–water partition coefficient (Wildman–Crippen LogP) is 1.86. The molecule has 2 aliphatic rings. The molecule has 0 unspecified atom stereocenters. The van der Waals surface area contributed by atoms with Crippen molar-refractivity contribution in [2.75, 3.05) is 50.7 Å². The minimum Gasteiger partial charge on any atom is -0.473 e. The molecule has 0 spiro atoms. The predicted molar refractivity (Wildman–Crippen MR) is 115 cm³/mol. The van der Waals surface area contributed by atoms with E-state index in [1.807, 2.05) is 0 Å². The fourth-order valence-electron chi connectivity index (χ4n) is 3.96. The Bertz CT molecular complexity index is 682. The van der Waals surface area contributed by atoms with Crippen LogP contribution in [-0.2, 0) is 14.4 Å². The fourth-order valence-corrected chi connectivity index (χ4v) is 3.96. The first-order valence-electron chi connectivity index (χ1n) is 10.5. The number of carbonyl (C=O) groups is 3. The van der Waals surface area contributed by atoms with Gasteiger partial charge in [0.2, 0.25) is 5.91 Å². The molecule has 2 fully saturated rings. The van der Waals surface area contributed by atoms with Crippen molar-refractivity contribution in [3.63, 3.8) is 0 Å². The summed E-state index contributed by atoms with van der Waals surface area (Å²) >= 11 is 0. The Labute approximate surface area is 178 Å². The Morgan fingerprint density at radius 3 is 1.90 bits per heavy atom. The monoisotopic (exact) mass is 419 g/mol. The van der Waals surface area contributed by atoms with Gasteiger partial charge in [-0.2, -0.15) is 0 Å². The van der Waals surface area contributed by atoms with E-state index in [0.717, 1.165) is 58.7 Å². The molecule has 1 aromatic rings. The number of anilines is 1. The number of amides is 1. The molecular formula is C22H33N3O5. The topological polar surface area (TPSA) is 101 Å². The molecule has 30 heavy (non-hydrogen) atoms. The van der Waals surface area contributed by atoms with Crippen LogP contribution in [0.2, 0.25) is 0 Å². The summed E-state index contributed by atoms with van der Waals surface area (Å²) in [6.45, 7) is 11.5. The van der Waals surface area contributed by atoms with Gasteiger partial charge in [0.15, 0.2) is 0 Å². The van der Waals surface area contributed by atoms with E-state index in [2.05, 4.69) is 58.9 Å². The summed E-state index contributed by atoms with van der Waals surface area (Å²) in [6, 6.07) is 10.5. The van der Waals surface area contributed by atoms with Gasteiger partial charge in [0.25, 0.3) is 0 Å². The van der Waals surface area contributed by atoms with Crippen LogP contribution in [-0.4, -0.2) is 83.7 Å². The highest BCUT2D eigenvalue weighted by Crippen LogP contribution is 2.22. The Morgan fingerprint density at radius 1 is 0.900 bits per heavy atom. The molecule has 2 heterocycles. The van der Waals surface area contributed by atoms with E-state index in [-0.39, 0.29) is 5.92 Å². The molecule has 3 rings (SSSR count). The smallest absolute Gasteiger partial charge is 0.414 e. The van der Waals surface area contributed by atoms with Crippen LogP contribution in [0.3, 0.4) is 0 Å². The SMILES string of the molecule is CC(C)CN1CCC(C(=O)N2CCN(c3ccccc3)CC2)CC1.O=C(O)C(=O)O. The van der Waals surface area contributed by atoms with Gasteiger partial charge in [-0.15, -0.1) is 0 Å². The third-order valence-corrected chi connectivity index (χ3v) is 5.46. The van der Waals surface area contributed by atoms with Gasteiger partial charge in [0.1, 0.15) is 0 Å². The number of piperazine rings is 1. The van der Waals surface area contributed by atoms with Gasteiger partial charge < -0.3 is 24.9 Å². The van der Waals surface area contributed by atoms with Gasteiger partial charge >= 0.3 is 11.9 Å². The third-order valence-electron chi connectivity index (χ3n) is 5.46. The van der Waals surface area contributed by atoms with Crippen molar-refractivity contribution in [2.24, 2.45) is 11.8 Å². The highest BCUT2D eigenvalue weighted by molar-refractivity contribution is 6.27. The molecule has 2 saturated heterocycles. The summed E-state index contributed by atoms with van der Waals surface area (Å²) in [5.74, 6) is -2.29. The van der Waals surface area contributed by atoms with Crippen molar-refractivity contribution in [1.82, 2.24) is 9.80 Å². The number of benzene rings is 1. The maximum Gasteiger partial charge on any atom is 0.414 e. The second-order valence-corrected chi connectivity index (χ2v) is 8.23. The van der Waals surface area contributed by atoms with Crippen LogP contribution in [0.1, 0.15) is 26.7 Å². The number of hydrogen-bond donors (Lipinski definition) is 2. The molecule has 0 aliphatic carbocycles. The lowest BCUT2D eigenvalue weighted by molar-refractivity contribution is -0.159. The number of carboxylic acids is 2. The van der Waals surface area contributed by atoms with Crippen LogP contribution in [0, 0.1) is 11.8 Å². The first-order chi connectivity index (χ1) is 14.3. The number of hydrogen-bond acceptors (Lipinski definition) is 5. The van der Waals surface area contributed by atoms with E-state index in [1.165, 1.54) is 5.69 Å². The molecule has 0 aromatic heterocycles. The lowest BCUT2D eigenvalue weighted by Crippen LogP contribution is -2.51. The average molecular weight is 420 g/mol. The van der Waals surface area contributed by atoms with Crippen LogP contribution in [0.4, 0.5) is 5.69 Å². The quantitative estimate of drug-likeness (QED) is 0.718. The van der Waals surface area contributed by atoms with Crippen molar-refractivity contribution < 1.29 is 24.6 Å².